The largest absolute Gasteiger partial charge is 0.465 e. The Labute approximate surface area is 208 Å². The zero-order chi connectivity index (χ0) is 26.2. The Morgan fingerprint density at radius 3 is 1.61 bits per heavy atom. The van der Waals surface area contributed by atoms with Gasteiger partial charge in [-0.15, -0.1) is 0 Å². The molecule has 0 aliphatic heterocycles. The molecule has 2 aromatic heterocycles. The number of aromatic nitrogens is 2. The van der Waals surface area contributed by atoms with Crippen LogP contribution in [0, 0.1) is 22.7 Å². The lowest BCUT2D eigenvalue weighted by molar-refractivity contribution is -0.136. The molecule has 0 fully saturated rings. The Morgan fingerprint density at radius 2 is 1.25 bits per heavy atom. The molecule has 0 bridgehead atoms. The van der Waals surface area contributed by atoms with Crippen LogP contribution < -0.4 is 4.90 Å². The number of anilines is 1. The zero-order valence-electron chi connectivity index (χ0n) is 20.3. The lowest BCUT2D eigenvalue weighted by Gasteiger charge is -2.18. The summed E-state index contributed by atoms with van der Waals surface area (Å²) in [6, 6.07) is 19.0. The minimum Gasteiger partial charge on any atom is -0.465 e. The van der Waals surface area contributed by atoms with Crippen molar-refractivity contribution in [1.29, 1.82) is 10.5 Å². The van der Waals surface area contributed by atoms with Crippen molar-refractivity contribution in [3.63, 3.8) is 0 Å². The van der Waals surface area contributed by atoms with Crippen molar-refractivity contribution in [3.05, 3.63) is 88.0 Å². The number of benzene rings is 1. The second-order valence-electron chi connectivity index (χ2n) is 7.98. The van der Waals surface area contributed by atoms with Crippen LogP contribution in [0.4, 0.5) is 5.69 Å². The number of carbonyl (C=O) groups excluding carboxylic acids is 2. The Balaban J connectivity index is 2.07. The van der Waals surface area contributed by atoms with E-state index >= 15 is 0 Å². The van der Waals surface area contributed by atoms with E-state index in [1.807, 2.05) is 67.5 Å². The SMILES string of the molecule is COC(=O)/C(C#N)=C/c1ccc(C(c2ccc(N(C)C)cc2)c2ccc(/C=C(\C#N)C(=O)OC)[nH]2)[nH]1. The average Bonchev–Trinajstić information content (AvgIpc) is 3.55. The molecule has 9 nitrogen and oxygen atoms in total. The summed E-state index contributed by atoms with van der Waals surface area (Å²) >= 11 is 0. The molecule has 0 radical (unpaired) electrons. The van der Waals surface area contributed by atoms with E-state index < -0.39 is 11.9 Å². The molecule has 182 valence electrons. The van der Waals surface area contributed by atoms with Gasteiger partial charge in [0.15, 0.2) is 0 Å². The summed E-state index contributed by atoms with van der Waals surface area (Å²) in [7, 11) is 6.36. The Morgan fingerprint density at radius 1 is 0.806 bits per heavy atom. The number of aromatic amines is 2. The van der Waals surface area contributed by atoms with Crippen molar-refractivity contribution < 1.29 is 19.1 Å². The fourth-order valence-electron chi connectivity index (χ4n) is 3.66. The van der Waals surface area contributed by atoms with Crippen LogP contribution in [-0.2, 0) is 19.1 Å². The summed E-state index contributed by atoms with van der Waals surface area (Å²) in [6.45, 7) is 0. The Bertz CT molecular complexity index is 1310. The van der Waals surface area contributed by atoms with E-state index in [1.165, 1.54) is 26.4 Å². The Hall–Kier alpha value is -5.02. The quantitative estimate of drug-likeness (QED) is 0.283. The highest BCUT2D eigenvalue weighted by Crippen LogP contribution is 2.32. The van der Waals surface area contributed by atoms with Crippen LogP contribution in [0.3, 0.4) is 0 Å². The second-order valence-corrected chi connectivity index (χ2v) is 7.98. The van der Waals surface area contributed by atoms with Gasteiger partial charge in [0.2, 0.25) is 0 Å². The van der Waals surface area contributed by atoms with Crippen molar-refractivity contribution in [2.45, 2.75) is 5.92 Å². The van der Waals surface area contributed by atoms with Gasteiger partial charge in [0.05, 0.1) is 20.1 Å². The smallest absolute Gasteiger partial charge is 0.348 e. The van der Waals surface area contributed by atoms with Crippen LogP contribution >= 0.6 is 0 Å². The third-order valence-electron chi connectivity index (χ3n) is 5.48. The number of nitriles is 2. The van der Waals surface area contributed by atoms with Crippen LogP contribution in [0.2, 0.25) is 0 Å². The number of esters is 2. The molecule has 3 rings (SSSR count). The van der Waals surface area contributed by atoms with E-state index in [0.29, 0.717) is 11.4 Å². The molecule has 2 N–H and O–H groups in total. The lowest BCUT2D eigenvalue weighted by atomic mass is 9.92. The van der Waals surface area contributed by atoms with Gasteiger partial charge in [-0.3, -0.25) is 0 Å². The molecule has 0 spiro atoms. The first-order valence-corrected chi connectivity index (χ1v) is 10.9. The predicted molar refractivity (Wildman–Crippen MR) is 135 cm³/mol. The molecule has 0 aliphatic rings. The summed E-state index contributed by atoms with van der Waals surface area (Å²) in [6.07, 6.45) is 2.86. The van der Waals surface area contributed by atoms with Crippen molar-refractivity contribution in [1.82, 2.24) is 9.97 Å². The van der Waals surface area contributed by atoms with Crippen LogP contribution in [-0.4, -0.2) is 50.2 Å². The molecule has 0 aliphatic carbocycles. The fraction of sp³-hybridized carbons (Fsp3) is 0.185. The highest BCUT2D eigenvalue weighted by atomic mass is 16.5. The number of ether oxygens (including phenoxy) is 2. The Kier molecular flexibility index (Phi) is 8.11. The lowest BCUT2D eigenvalue weighted by Crippen LogP contribution is -2.09. The first kappa shape index (κ1) is 25.6. The number of hydrogen-bond acceptors (Lipinski definition) is 7. The molecule has 0 atom stereocenters. The highest BCUT2D eigenvalue weighted by Gasteiger charge is 2.21. The molecule has 36 heavy (non-hydrogen) atoms. The minimum atomic E-state index is -0.718. The number of nitrogens with zero attached hydrogens (tertiary/aromatic N) is 3. The zero-order valence-corrected chi connectivity index (χ0v) is 20.3. The van der Waals surface area contributed by atoms with E-state index in [0.717, 1.165) is 22.6 Å². The highest BCUT2D eigenvalue weighted by molar-refractivity contribution is 5.98. The standard InChI is InChI=1S/C27H25N5O4/c1-32(2)22-9-5-17(6-10-22)25(23-11-7-20(30-23)13-18(15-28)26(33)35-3)24-12-8-21(31-24)14-19(16-29)27(34)36-4/h5-14,25,30-31H,1-4H3/b18-13+,19-14+. The van der Waals surface area contributed by atoms with Crippen molar-refractivity contribution in [2.75, 3.05) is 33.2 Å². The monoisotopic (exact) mass is 483 g/mol. The summed E-state index contributed by atoms with van der Waals surface area (Å²) in [5.41, 5.74) is 4.47. The van der Waals surface area contributed by atoms with E-state index in [4.69, 9.17) is 0 Å². The third-order valence-corrected chi connectivity index (χ3v) is 5.48. The van der Waals surface area contributed by atoms with E-state index in [2.05, 4.69) is 19.4 Å². The first-order chi connectivity index (χ1) is 17.3. The first-order valence-electron chi connectivity index (χ1n) is 10.9. The molecule has 3 aromatic rings. The maximum absolute atomic E-state index is 11.8. The molecule has 0 amide bonds. The minimum absolute atomic E-state index is 0.128. The van der Waals surface area contributed by atoms with Gasteiger partial charge in [-0.25, -0.2) is 9.59 Å². The van der Waals surface area contributed by atoms with Gasteiger partial charge in [-0.2, -0.15) is 10.5 Å². The molecule has 0 saturated heterocycles. The number of carbonyl (C=O) groups is 2. The van der Waals surface area contributed by atoms with E-state index in [1.54, 1.807) is 12.1 Å². The maximum atomic E-state index is 11.8. The van der Waals surface area contributed by atoms with Crippen LogP contribution in [0.5, 0.6) is 0 Å². The van der Waals surface area contributed by atoms with Crippen molar-refractivity contribution >= 4 is 29.8 Å². The van der Waals surface area contributed by atoms with Crippen LogP contribution in [0.15, 0.2) is 59.7 Å². The van der Waals surface area contributed by atoms with Gasteiger partial charge in [0.1, 0.15) is 23.3 Å². The normalized spacial score (nSPS) is 12.3. The molecule has 2 heterocycles. The summed E-state index contributed by atoms with van der Waals surface area (Å²) in [5.74, 6) is -1.72. The topological polar surface area (TPSA) is 135 Å². The van der Waals surface area contributed by atoms with Crippen molar-refractivity contribution in [3.8, 4) is 12.1 Å². The molecule has 0 saturated carbocycles. The number of nitrogens with one attached hydrogen (secondary N) is 2. The average molecular weight is 484 g/mol. The van der Waals surface area contributed by atoms with E-state index in [9.17, 15) is 20.1 Å². The van der Waals surface area contributed by atoms with Gasteiger partial charge in [-0.05, 0) is 54.1 Å². The number of rotatable bonds is 8. The summed E-state index contributed by atoms with van der Waals surface area (Å²) in [5, 5.41) is 18.6. The van der Waals surface area contributed by atoms with Gasteiger partial charge < -0.3 is 24.3 Å². The molecular formula is C27H25N5O4. The van der Waals surface area contributed by atoms with Gasteiger partial charge in [0.25, 0.3) is 0 Å². The van der Waals surface area contributed by atoms with Crippen molar-refractivity contribution in [2.24, 2.45) is 0 Å². The fourth-order valence-corrected chi connectivity index (χ4v) is 3.66. The van der Waals surface area contributed by atoms with Crippen LogP contribution in [0.25, 0.3) is 12.2 Å². The van der Waals surface area contributed by atoms with E-state index in [-0.39, 0.29) is 17.1 Å². The molecule has 9 heteroatoms. The third kappa shape index (κ3) is 5.72. The summed E-state index contributed by atoms with van der Waals surface area (Å²) < 4.78 is 9.31. The van der Waals surface area contributed by atoms with Gasteiger partial charge in [-0.1, -0.05) is 12.1 Å². The van der Waals surface area contributed by atoms with Crippen LogP contribution in [0.1, 0.15) is 34.3 Å². The number of H-pyrrole nitrogens is 2. The maximum Gasteiger partial charge on any atom is 0.348 e. The number of hydrogen-bond donors (Lipinski definition) is 2. The number of methoxy groups -OCH3 is 2. The van der Waals surface area contributed by atoms with Gasteiger partial charge >= 0.3 is 11.9 Å². The second kappa shape index (κ2) is 11.4. The molecule has 1 aromatic carbocycles. The summed E-state index contributed by atoms with van der Waals surface area (Å²) in [4.78, 5) is 32.2. The molecule has 0 unspecified atom stereocenters. The predicted octanol–water partition coefficient (Wildman–Crippen LogP) is 3.75. The molecular weight excluding hydrogens is 458 g/mol. The van der Waals surface area contributed by atoms with Gasteiger partial charge in [0, 0.05) is 42.6 Å².